The molecular formula is C15H19N3O. The minimum Gasteiger partial charge on any atom is -0.385 e. The van der Waals surface area contributed by atoms with Gasteiger partial charge in [-0.2, -0.15) is 5.26 Å². The zero-order valence-corrected chi connectivity index (χ0v) is 11.2. The fraction of sp³-hybridized carbons (Fsp3) is 0.467. The van der Waals surface area contributed by atoms with Crippen molar-refractivity contribution in [2.75, 3.05) is 11.9 Å². The monoisotopic (exact) mass is 257 g/mol. The van der Waals surface area contributed by atoms with Gasteiger partial charge in [0, 0.05) is 24.7 Å². The van der Waals surface area contributed by atoms with Crippen molar-refractivity contribution in [1.82, 2.24) is 5.32 Å². The highest BCUT2D eigenvalue weighted by atomic mass is 16.1. The normalized spacial score (nSPS) is 13.7. The molecule has 1 amide bonds. The van der Waals surface area contributed by atoms with Gasteiger partial charge in [-0.3, -0.25) is 4.79 Å². The van der Waals surface area contributed by atoms with Crippen molar-refractivity contribution in [3.05, 3.63) is 29.3 Å². The van der Waals surface area contributed by atoms with Crippen molar-refractivity contribution < 1.29 is 4.79 Å². The van der Waals surface area contributed by atoms with Gasteiger partial charge in [-0.1, -0.05) is 0 Å². The van der Waals surface area contributed by atoms with E-state index >= 15 is 0 Å². The molecule has 4 heteroatoms. The number of benzene rings is 1. The number of nitriles is 1. The van der Waals surface area contributed by atoms with Gasteiger partial charge in [0.2, 0.25) is 5.91 Å². The Morgan fingerprint density at radius 3 is 2.89 bits per heavy atom. The molecule has 1 aliphatic carbocycles. The Bertz CT molecular complexity index is 501. The predicted octanol–water partition coefficient (Wildman–Crippen LogP) is 2.34. The number of rotatable bonds is 6. The summed E-state index contributed by atoms with van der Waals surface area (Å²) in [6.07, 6.45) is 3.65. The van der Waals surface area contributed by atoms with Crippen molar-refractivity contribution in [3.63, 3.8) is 0 Å². The maximum atomic E-state index is 11.5. The summed E-state index contributed by atoms with van der Waals surface area (Å²) in [6, 6.07) is 8.27. The minimum absolute atomic E-state index is 0.153. The van der Waals surface area contributed by atoms with Crippen LogP contribution in [0.2, 0.25) is 0 Å². The molecule has 100 valence electrons. The molecule has 0 atom stereocenters. The first-order chi connectivity index (χ1) is 9.19. The molecule has 2 rings (SSSR count). The highest BCUT2D eigenvalue weighted by Gasteiger charge is 2.22. The zero-order valence-electron chi connectivity index (χ0n) is 11.2. The Labute approximate surface area is 113 Å². The van der Waals surface area contributed by atoms with Crippen LogP contribution in [-0.2, 0) is 4.79 Å². The average Bonchev–Trinajstić information content (AvgIpc) is 3.19. The lowest BCUT2D eigenvalue weighted by molar-refractivity contribution is -0.121. The summed E-state index contributed by atoms with van der Waals surface area (Å²) in [5.41, 5.74) is 2.67. The van der Waals surface area contributed by atoms with Crippen LogP contribution in [0.15, 0.2) is 18.2 Å². The largest absolute Gasteiger partial charge is 0.385 e. The molecule has 4 nitrogen and oxygen atoms in total. The first kappa shape index (κ1) is 13.4. The molecule has 0 heterocycles. The molecule has 0 bridgehead atoms. The first-order valence-electron chi connectivity index (χ1n) is 6.73. The summed E-state index contributed by atoms with van der Waals surface area (Å²) < 4.78 is 0. The molecule has 2 N–H and O–H groups in total. The predicted molar refractivity (Wildman–Crippen MR) is 74.8 cm³/mol. The lowest BCUT2D eigenvalue weighted by atomic mass is 10.1. The number of aryl methyl sites for hydroxylation is 1. The second-order valence-electron chi connectivity index (χ2n) is 5.01. The third-order valence-corrected chi connectivity index (χ3v) is 3.20. The van der Waals surface area contributed by atoms with Gasteiger partial charge in [0.1, 0.15) is 0 Å². The van der Waals surface area contributed by atoms with Gasteiger partial charge in [0.25, 0.3) is 0 Å². The SMILES string of the molecule is Cc1cc(NCCCC(=O)NC2CC2)ccc1C#N. The molecule has 0 unspecified atom stereocenters. The van der Waals surface area contributed by atoms with Crippen LogP contribution in [0.25, 0.3) is 0 Å². The number of nitrogens with zero attached hydrogens (tertiary/aromatic N) is 1. The van der Waals surface area contributed by atoms with Gasteiger partial charge in [-0.25, -0.2) is 0 Å². The number of hydrogen-bond donors (Lipinski definition) is 2. The third kappa shape index (κ3) is 4.29. The molecule has 1 saturated carbocycles. The fourth-order valence-electron chi connectivity index (χ4n) is 1.91. The van der Waals surface area contributed by atoms with Gasteiger partial charge in [-0.15, -0.1) is 0 Å². The number of anilines is 1. The molecule has 1 aromatic rings. The highest BCUT2D eigenvalue weighted by molar-refractivity contribution is 5.76. The van der Waals surface area contributed by atoms with Crippen molar-refractivity contribution in [1.29, 1.82) is 5.26 Å². The number of carbonyl (C=O) groups excluding carboxylic acids is 1. The van der Waals surface area contributed by atoms with E-state index in [1.54, 1.807) is 0 Å². The zero-order chi connectivity index (χ0) is 13.7. The first-order valence-corrected chi connectivity index (χ1v) is 6.73. The van der Waals surface area contributed by atoms with E-state index in [0.717, 1.165) is 37.1 Å². The van der Waals surface area contributed by atoms with Crippen LogP contribution < -0.4 is 10.6 Å². The standard InChI is InChI=1S/C15H19N3O/c1-11-9-14(5-4-12(11)10-16)17-8-2-3-15(19)18-13-6-7-13/h4-5,9,13,17H,2-3,6-8H2,1H3,(H,18,19). The lowest BCUT2D eigenvalue weighted by Crippen LogP contribution is -2.25. The van der Waals surface area contributed by atoms with Crippen LogP contribution in [0.4, 0.5) is 5.69 Å². The lowest BCUT2D eigenvalue weighted by Gasteiger charge is -2.08. The van der Waals surface area contributed by atoms with Crippen molar-refractivity contribution in [2.45, 2.75) is 38.6 Å². The molecule has 1 fully saturated rings. The van der Waals surface area contributed by atoms with E-state index in [4.69, 9.17) is 5.26 Å². The number of carbonyl (C=O) groups is 1. The van der Waals surface area contributed by atoms with Crippen LogP contribution in [-0.4, -0.2) is 18.5 Å². The van der Waals surface area contributed by atoms with Crippen LogP contribution in [0, 0.1) is 18.3 Å². The number of amides is 1. The Morgan fingerprint density at radius 1 is 1.47 bits per heavy atom. The smallest absolute Gasteiger partial charge is 0.220 e. The molecule has 1 aliphatic rings. The maximum Gasteiger partial charge on any atom is 0.220 e. The average molecular weight is 257 g/mol. The maximum absolute atomic E-state index is 11.5. The van der Waals surface area contributed by atoms with E-state index in [2.05, 4.69) is 16.7 Å². The second-order valence-corrected chi connectivity index (χ2v) is 5.01. The van der Waals surface area contributed by atoms with E-state index in [1.165, 1.54) is 0 Å². The molecule has 1 aromatic carbocycles. The van der Waals surface area contributed by atoms with Crippen LogP contribution in [0.3, 0.4) is 0 Å². The Hall–Kier alpha value is -2.02. The molecule has 0 spiro atoms. The van der Waals surface area contributed by atoms with Gasteiger partial charge in [-0.05, 0) is 49.9 Å². The summed E-state index contributed by atoms with van der Waals surface area (Å²) in [7, 11) is 0. The van der Waals surface area contributed by atoms with Crippen LogP contribution >= 0.6 is 0 Å². The third-order valence-electron chi connectivity index (χ3n) is 3.20. The van der Waals surface area contributed by atoms with E-state index in [1.807, 2.05) is 25.1 Å². The second kappa shape index (κ2) is 6.24. The summed E-state index contributed by atoms with van der Waals surface area (Å²) in [4.78, 5) is 11.5. The molecule has 0 aromatic heterocycles. The molecule has 0 radical (unpaired) electrons. The summed E-state index contributed by atoms with van der Waals surface area (Å²) in [5, 5.41) is 15.1. The van der Waals surface area contributed by atoms with E-state index in [9.17, 15) is 4.79 Å². The van der Waals surface area contributed by atoms with Gasteiger partial charge >= 0.3 is 0 Å². The van der Waals surface area contributed by atoms with E-state index in [0.29, 0.717) is 18.0 Å². The Morgan fingerprint density at radius 2 is 2.26 bits per heavy atom. The Balaban J connectivity index is 1.69. The summed E-state index contributed by atoms with van der Waals surface area (Å²) >= 11 is 0. The van der Waals surface area contributed by atoms with Crippen molar-refractivity contribution in [3.8, 4) is 6.07 Å². The number of hydrogen-bond acceptors (Lipinski definition) is 3. The molecule has 19 heavy (non-hydrogen) atoms. The summed E-state index contributed by atoms with van der Waals surface area (Å²) in [5.74, 6) is 0.153. The van der Waals surface area contributed by atoms with Gasteiger partial charge < -0.3 is 10.6 Å². The molecule has 0 aliphatic heterocycles. The van der Waals surface area contributed by atoms with E-state index in [-0.39, 0.29) is 5.91 Å². The quantitative estimate of drug-likeness (QED) is 0.769. The van der Waals surface area contributed by atoms with Gasteiger partial charge in [0.15, 0.2) is 0 Å². The van der Waals surface area contributed by atoms with Crippen molar-refractivity contribution >= 4 is 11.6 Å². The Kier molecular flexibility index (Phi) is 4.40. The van der Waals surface area contributed by atoms with Crippen LogP contribution in [0.5, 0.6) is 0 Å². The van der Waals surface area contributed by atoms with E-state index < -0.39 is 0 Å². The van der Waals surface area contributed by atoms with Crippen LogP contribution in [0.1, 0.15) is 36.8 Å². The van der Waals surface area contributed by atoms with Gasteiger partial charge in [0.05, 0.1) is 11.6 Å². The fourth-order valence-corrected chi connectivity index (χ4v) is 1.91. The highest BCUT2D eigenvalue weighted by Crippen LogP contribution is 2.18. The topological polar surface area (TPSA) is 64.9 Å². The summed E-state index contributed by atoms with van der Waals surface area (Å²) in [6.45, 7) is 2.69. The molecular weight excluding hydrogens is 238 g/mol. The number of nitrogens with one attached hydrogen (secondary N) is 2. The minimum atomic E-state index is 0.153. The van der Waals surface area contributed by atoms with Crippen molar-refractivity contribution in [2.24, 2.45) is 0 Å². The molecule has 0 saturated heterocycles.